The molecular formula is C9H12BNO2. The van der Waals surface area contributed by atoms with Crippen LogP contribution in [0.1, 0.15) is 5.56 Å². The maximum atomic E-state index is 8.98. The Morgan fingerprint density at radius 3 is 2.85 bits per heavy atom. The highest BCUT2D eigenvalue weighted by Crippen LogP contribution is 2.24. The van der Waals surface area contributed by atoms with E-state index in [9.17, 15) is 0 Å². The molecule has 1 heterocycles. The summed E-state index contributed by atoms with van der Waals surface area (Å²) in [4.78, 5) is 2.13. The molecule has 4 heteroatoms. The Labute approximate surface area is 77.8 Å². The predicted molar refractivity (Wildman–Crippen MR) is 53.2 cm³/mol. The third kappa shape index (κ3) is 1.43. The summed E-state index contributed by atoms with van der Waals surface area (Å²) >= 11 is 0. The first-order chi connectivity index (χ1) is 6.18. The zero-order valence-corrected chi connectivity index (χ0v) is 7.57. The first-order valence-electron chi connectivity index (χ1n) is 4.38. The van der Waals surface area contributed by atoms with Crippen molar-refractivity contribution in [3.63, 3.8) is 0 Å². The van der Waals surface area contributed by atoms with Crippen molar-refractivity contribution < 1.29 is 10.0 Å². The van der Waals surface area contributed by atoms with E-state index in [0.29, 0.717) is 5.46 Å². The summed E-state index contributed by atoms with van der Waals surface area (Å²) < 4.78 is 0. The number of fused-ring (bicyclic) bond motifs is 1. The Balaban J connectivity index is 2.42. The summed E-state index contributed by atoms with van der Waals surface area (Å²) in [5, 5.41) is 18.0. The molecule has 1 aromatic rings. The van der Waals surface area contributed by atoms with Crippen molar-refractivity contribution >= 4 is 18.3 Å². The average Bonchev–Trinajstić information content (AvgIpc) is 2.47. The minimum absolute atomic E-state index is 0.563. The SMILES string of the molecule is CN1CCc2ccc(B(O)O)cc21. The van der Waals surface area contributed by atoms with Crippen LogP contribution in [-0.2, 0) is 6.42 Å². The predicted octanol–water partition coefficient (Wildman–Crippen LogP) is -0.641. The van der Waals surface area contributed by atoms with Crippen LogP contribution in [0.4, 0.5) is 5.69 Å². The molecule has 13 heavy (non-hydrogen) atoms. The number of anilines is 1. The van der Waals surface area contributed by atoms with Crippen LogP contribution < -0.4 is 10.4 Å². The summed E-state index contributed by atoms with van der Waals surface area (Å²) in [7, 11) is 0.652. The van der Waals surface area contributed by atoms with Crippen LogP contribution in [0.2, 0.25) is 0 Å². The van der Waals surface area contributed by atoms with Crippen LogP contribution in [0, 0.1) is 0 Å². The van der Waals surface area contributed by atoms with Crippen LogP contribution in [0.3, 0.4) is 0 Å². The van der Waals surface area contributed by atoms with E-state index in [2.05, 4.69) is 4.90 Å². The minimum Gasteiger partial charge on any atom is -0.423 e. The van der Waals surface area contributed by atoms with E-state index in [4.69, 9.17) is 10.0 Å². The van der Waals surface area contributed by atoms with Gasteiger partial charge < -0.3 is 14.9 Å². The van der Waals surface area contributed by atoms with E-state index in [-0.39, 0.29) is 0 Å². The van der Waals surface area contributed by atoms with Gasteiger partial charge in [0.2, 0.25) is 0 Å². The van der Waals surface area contributed by atoms with Crippen molar-refractivity contribution in [3.8, 4) is 0 Å². The van der Waals surface area contributed by atoms with E-state index in [1.165, 1.54) is 5.56 Å². The first-order valence-corrected chi connectivity index (χ1v) is 4.38. The number of hydrogen-bond donors (Lipinski definition) is 2. The highest BCUT2D eigenvalue weighted by molar-refractivity contribution is 6.58. The maximum Gasteiger partial charge on any atom is 0.488 e. The van der Waals surface area contributed by atoms with E-state index in [0.717, 1.165) is 18.7 Å². The number of rotatable bonds is 1. The van der Waals surface area contributed by atoms with Gasteiger partial charge in [-0.2, -0.15) is 0 Å². The van der Waals surface area contributed by atoms with Gasteiger partial charge in [-0.1, -0.05) is 12.1 Å². The summed E-state index contributed by atoms with van der Waals surface area (Å²) in [6.45, 7) is 1.01. The van der Waals surface area contributed by atoms with E-state index >= 15 is 0 Å². The lowest BCUT2D eigenvalue weighted by molar-refractivity contribution is 0.426. The molecule has 0 spiro atoms. The number of hydrogen-bond acceptors (Lipinski definition) is 3. The molecule has 1 aliphatic rings. The molecule has 0 saturated heterocycles. The van der Waals surface area contributed by atoms with Gasteiger partial charge in [0.15, 0.2) is 0 Å². The van der Waals surface area contributed by atoms with Crippen molar-refractivity contribution in [1.82, 2.24) is 0 Å². The van der Waals surface area contributed by atoms with Crippen LogP contribution in [0.15, 0.2) is 18.2 Å². The van der Waals surface area contributed by atoms with Crippen molar-refractivity contribution in [1.29, 1.82) is 0 Å². The highest BCUT2D eigenvalue weighted by atomic mass is 16.4. The lowest BCUT2D eigenvalue weighted by atomic mass is 9.79. The molecule has 0 atom stereocenters. The van der Waals surface area contributed by atoms with Gasteiger partial charge in [-0.25, -0.2) is 0 Å². The van der Waals surface area contributed by atoms with Gasteiger partial charge in [-0.15, -0.1) is 0 Å². The number of benzene rings is 1. The minimum atomic E-state index is -1.36. The van der Waals surface area contributed by atoms with Gasteiger partial charge in [-0.3, -0.25) is 0 Å². The largest absolute Gasteiger partial charge is 0.488 e. The fourth-order valence-corrected chi connectivity index (χ4v) is 1.72. The Morgan fingerprint density at radius 2 is 2.15 bits per heavy atom. The summed E-state index contributed by atoms with van der Waals surface area (Å²) in [6, 6.07) is 5.57. The highest BCUT2D eigenvalue weighted by Gasteiger charge is 2.19. The monoisotopic (exact) mass is 177 g/mol. The Bertz CT molecular complexity index is 327. The van der Waals surface area contributed by atoms with Crippen molar-refractivity contribution in [2.24, 2.45) is 0 Å². The molecule has 0 unspecified atom stereocenters. The molecule has 0 aromatic heterocycles. The second kappa shape index (κ2) is 3.05. The molecule has 0 bridgehead atoms. The lowest BCUT2D eigenvalue weighted by Gasteiger charge is -2.12. The smallest absolute Gasteiger partial charge is 0.423 e. The molecule has 0 aliphatic carbocycles. The molecule has 1 aliphatic heterocycles. The summed E-state index contributed by atoms with van der Waals surface area (Å²) in [6.07, 6.45) is 1.05. The zero-order chi connectivity index (χ0) is 9.42. The maximum absolute atomic E-state index is 8.98. The lowest BCUT2D eigenvalue weighted by Crippen LogP contribution is -2.30. The average molecular weight is 177 g/mol. The van der Waals surface area contributed by atoms with Gasteiger partial charge in [0, 0.05) is 19.3 Å². The van der Waals surface area contributed by atoms with Gasteiger partial charge in [0.05, 0.1) is 0 Å². The third-order valence-electron chi connectivity index (χ3n) is 2.54. The molecule has 68 valence electrons. The normalized spacial score (nSPS) is 14.5. The van der Waals surface area contributed by atoms with Crippen molar-refractivity contribution in [3.05, 3.63) is 23.8 Å². The van der Waals surface area contributed by atoms with E-state index < -0.39 is 7.12 Å². The van der Waals surface area contributed by atoms with E-state index in [1.54, 1.807) is 6.07 Å². The van der Waals surface area contributed by atoms with Crippen molar-refractivity contribution in [2.75, 3.05) is 18.5 Å². The molecule has 0 saturated carbocycles. The molecular weight excluding hydrogens is 165 g/mol. The Morgan fingerprint density at radius 1 is 1.38 bits per heavy atom. The summed E-state index contributed by atoms with van der Waals surface area (Å²) in [5.74, 6) is 0. The number of likely N-dealkylation sites (N-methyl/N-ethyl adjacent to an activating group) is 1. The topological polar surface area (TPSA) is 43.7 Å². The molecule has 1 aromatic carbocycles. The van der Waals surface area contributed by atoms with Crippen LogP contribution in [-0.4, -0.2) is 30.8 Å². The Hall–Kier alpha value is -0.995. The quantitative estimate of drug-likeness (QED) is 0.560. The van der Waals surface area contributed by atoms with Crippen molar-refractivity contribution in [2.45, 2.75) is 6.42 Å². The van der Waals surface area contributed by atoms with Gasteiger partial charge >= 0.3 is 7.12 Å². The molecule has 0 radical (unpaired) electrons. The second-order valence-corrected chi connectivity index (χ2v) is 3.43. The molecule has 3 nitrogen and oxygen atoms in total. The first kappa shape index (κ1) is 8.60. The van der Waals surface area contributed by atoms with Crippen LogP contribution in [0.5, 0.6) is 0 Å². The fourth-order valence-electron chi connectivity index (χ4n) is 1.72. The standard InChI is InChI=1S/C9H12BNO2/c1-11-5-4-7-2-3-8(10(12)13)6-9(7)11/h2-3,6,12-13H,4-5H2,1H3. The zero-order valence-electron chi connectivity index (χ0n) is 7.57. The molecule has 2 rings (SSSR count). The third-order valence-corrected chi connectivity index (χ3v) is 2.54. The van der Waals surface area contributed by atoms with Gasteiger partial charge in [0.25, 0.3) is 0 Å². The second-order valence-electron chi connectivity index (χ2n) is 3.43. The molecule has 2 N–H and O–H groups in total. The van der Waals surface area contributed by atoms with Gasteiger partial charge in [-0.05, 0) is 23.5 Å². The van der Waals surface area contributed by atoms with Crippen LogP contribution >= 0.6 is 0 Å². The van der Waals surface area contributed by atoms with Gasteiger partial charge in [0.1, 0.15) is 0 Å². The molecule has 0 amide bonds. The Kier molecular flexibility index (Phi) is 2.02. The van der Waals surface area contributed by atoms with E-state index in [1.807, 2.05) is 19.2 Å². The fraction of sp³-hybridized carbons (Fsp3) is 0.333. The molecule has 0 fully saturated rings. The van der Waals surface area contributed by atoms with Crippen LogP contribution in [0.25, 0.3) is 0 Å². The number of nitrogens with zero attached hydrogens (tertiary/aromatic N) is 1. The summed E-state index contributed by atoms with van der Waals surface area (Å²) in [5.41, 5.74) is 2.96.